The molecule has 20 heavy (non-hydrogen) atoms. The van der Waals surface area contributed by atoms with Crippen LogP contribution in [-0.4, -0.2) is 11.0 Å². The van der Waals surface area contributed by atoms with Crippen molar-refractivity contribution < 1.29 is 0 Å². The Labute approximate surface area is 121 Å². The fourth-order valence-electron chi connectivity index (χ4n) is 3.73. The number of hydrogen-bond donors (Lipinski definition) is 2. The number of nitrogens with zero attached hydrogens (tertiary/aromatic N) is 1. The lowest BCUT2D eigenvalue weighted by atomic mass is 9.79. The number of pyridine rings is 1. The summed E-state index contributed by atoms with van der Waals surface area (Å²) in [4.78, 5) is 4.65. The zero-order valence-electron chi connectivity index (χ0n) is 12.1. The molecule has 2 atom stereocenters. The molecule has 0 amide bonds. The summed E-state index contributed by atoms with van der Waals surface area (Å²) in [6.45, 7) is 0. The number of fused-ring (bicyclic) bond motifs is 1. The largest absolute Gasteiger partial charge is 0.271 e. The van der Waals surface area contributed by atoms with Gasteiger partial charge in [0.2, 0.25) is 0 Å². The van der Waals surface area contributed by atoms with Crippen molar-refractivity contribution in [3.8, 4) is 0 Å². The van der Waals surface area contributed by atoms with Crippen molar-refractivity contribution >= 4 is 0 Å². The van der Waals surface area contributed by atoms with Crippen molar-refractivity contribution in [3.05, 3.63) is 41.2 Å². The molecule has 1 aromatic heterocycles. The first-order valence-corrected chi connectivity index (χ1v) is 7.96. The summed E-state index contributed by atoms with van der Waals surface area (Å²) >= 11 is 0. The molecule has 0 saturated heterocycles. The van der Waals surface area contributed by atoms with Crippen LogP contribution in [0.1, 0.15) is 62.1 Å². The summed E-state index contributed by atoms with van der Waals surface area (Å²) in [6, 6.07) is 4.60. The predicted octanol–water partition coefficient (Wildman–Crippen LogP) is 3.22. The van der Waals surface area contributed by atoms with E-state index in [2.05, 4.69) is 28.6 Å². The van der Waals surface area contributed by atoms with Crippen LogP contribution in [0.25, 0.3) is 0 Å². The van der Waals surface area contributed by atoms with Crippen molar-refractivity contribution in [1.29, 1.82) is 0 Å². The van der Waals surface area contributed by atoms with Crippen LogP contribution in [0.2, 0.25) is 0 Å². The number of allylic oxidation sites excluding steroid dienone is 1. The molecule has 1 heterocycles. The van der Waals surface area contributed by atoms with E-state index in [1.54, 1.807) is 5.57 Å². The summed E-state index contributed by atoms with van der Waals surface area (Å²) in [5.74, 6) is 6.34. The lowest BCUT2D eigenvalue weighted by Gasteiger charge is -2.32. The van der Waals surface area contributed by atoms with Crippen LogP contribution in [0.5, 0.6) is 0 Å². The quantitative estimate of drug-likeness (QED) is 0.502. The summed E-state index contributed by atoms with van der Waals surface area (Å²) < 4.78 is 0. The molecule has 0 saturated carbocycles. The highest BCUT2D eigenvalue weighted by molar-refractivity contribution is 5.28. The molecule has 3 N–H and O–H groups in total. The first kappa shape index (κ1) is 13.8. The van der Waals surface area contributed by atoms with Gasteiger partial charge in [-0.15, -0.1) is 0 Å². The SMILES string of the molecule is NNC(CC1=CCCCC1)C1CCCc2cccnc21. The molecule has 0 fully saturated rings. The maximum Gasteiger partial charge on any atom is 0.0482 e. The molecular weight excluding hydrogens is 246 g/mol. The number of hydrogen-bond acceptors (Lipinski definition) is 3. The second-order valence-corrected chi connectivity index (χ2v) is 6.13. The van der Waals surface area contributed by atoms with E-state index in [9.17, 15) is 0 Å². The molecule has 0 aromatic carbocycles. The van der Waals surface area contributed by atoms with E-state index in [1.165, 1.54) is 56.2 Å². The van der Waals surface area contributed by atoms with Gasteiger partial charge in [0.25, 0.3) is 0 Å². The average molecular weight is 271 g/mol. The van der Waals surface area contributed by atoms with E-state index in [1.807, 2.05) is 6.20 Å². The van der Waals surface area contributed by atoms with Gasteiger partial charge in [-0.2, -0.15) is 0 Å². The zero-order chi connectivity index (χ0) is 13.8. The summed E-state index contributed by atoms with van der Waals surface area (Å²) in [5.41, 5.74) is 7.36. The number of rotatable bonds is 4. The van der Waals surface area contributed by atoms with Gasteiger partial charge in [0, 0.05) is 23.9 Å². The van der Waals surface area contributed by atoms with Gasteiger partial charge in [0.05, 0.1) is 0 Å². The van der Waals surface area contributed by atoms with Crippen LogP contribution >= 0.6 is 0 Å². The molecule has 2 aliphatic carbocycles. The van der Waals surface area contributed by atoms with Crippen molar-refractivity contribution in [2.45, 2.75) is 63.3 Å². The second-order valence-electron chi connectivity index (χ2n) is 6.13. The van der Waals surface area contributed by atoms with E-state index >= 15 is 0 Å². The van der Waals surface area contributed by atoms with Gasteiger partial charge in [-0.3, -0.25) is 16.3 Å². The van der Waals surface area contributed by atoms with Crippen LogP contribution in [0.4, 0.5) is 0 Å². The number of nitrogens with two attached hydrogens (primary N) is 1. The highest BCUT2D eigenvalue weighted by Crippen LogP contribution is 2.35. The van der Waals surface area contributed by atoms with E-state index in [-0.39, 0.29) is 0 Å². The Bertz CT molecular complexity index is 481. The highest BCUT2D eigenvalue weighted by Gasteiger charge is 2.29. The van der Waals surface area contributed by atoms with Crippen molar-refractivity contribution in [2.24, 2.45) is 5.84 Å². The van der Waals surface area contributed by atoms with Gasteiger partial charge in [-0.1, -0.05) is 17.7 Å². The summed E-state index contributed by atoms with van der Waals surface area (Å²) in [6.07, 6.45) is 14.2. The molecule has 3 heteroatoms. The Morgan fingerprint density at radius 3 is 3.05 bits per heavy atom. The van der Waals surface area contributed by atoms with Crippen LogP contribution in [-0.2, 0) is 6.42 Å². The molecule has 0 spiro atoms. The Kier molecular flexibility index (Phi) is 4.48. The Balaban J connectivity index is 1.78. The van der Waals surface area contributed by atoms with Crippen LogP contribution < -0.4 is 11.3 Å². The van der Waals surface area contributed by atoms with Crippen LogP contribution in [0.15, 0.2) is 30.0 Å². The van der Waals surface area contributed by atoms with E-state index in [0.717, 1.165) is 6.42 Å². The van der Waals surface area contributed by atoms with Crippen molar-refractivity contribution in [2.75, 3.05) is 0 Å². The average Bonchev–Trinajstić information content (AvgIpc) is 2.53. The first-order chi connectivity index (χ1) is 9.88. The number of nitrogens with one attached hydrogen (secondary N) is 1. The van der Waals surface area contributed by atoms with Gasteiger partial charge in [0.1, 0.15) is 0 Å². The topological polar surface area (TPSA) is 50.9 Å². The van der Waals surface area contributed by atoms with E-state index in [0.29, 0.717) is 12.0 Å². The fourth-order valence-corrected chi connectivity index (χ4v) is 3.73. The maximum absolute atomic E-state index is 5.87. The van der Waals surface area contributed by atoms with E-state index in [4.69, 9.17) is 5.84 Å². The lowest BCUT2D eigenvalue weighted by Crippen LogP contribution is -2.41. The summed E-state index contributed by atoms with van der Waals surface area (Å²) in [7, 11) is 0. The van der Waals surface area contributed by atoms with Crippen LogP contribution in [0, 0.1) is 0 Å². The Morgan fingerprint density at radius 2 is 2.25 bits per heavy atom. The number of aromatic nitrogens is 1. The summed E-state index contributed by atoms with van der Waals surface area (Å²) in [5, 5.41) is 0. The highest BCUT2D eigenvalue weighted by atomic mass is 15.2. The molecule has 0 aliphatic heterocycles. The molecule has 3 nitrogen and oxygen atoms in total. The lowest BCUT2D eigenvalue weighted by molar-refractivity contribution is 0.382. The molecule has 1 aromatic rings. The minimum Gasteiger partial charge on any atom is -0.271 e. The molecule has 0 radical (unpaired) electrons. The Morgan fingerprint density at radius 1 is 1.30 bits per heavy atom. The minimum absolute atomic E-state index is 0.327. The van der Waals surface area contributed by atoms with Crippen LogP contribution in [0.3, 0.4) is 0 Å². The molecule has 3 rings (SSSR count). The van der Waals surface area contributed by atoms with Gasteiger partial charge >= 0.3 is 0 Å². The zero-order valence-corrected chi connectivity index (χ0v) is 12.1. The van der Waals surface area contributed by atoms with Gasteiger partial charge in [0.15, 0.2) is 0 Å². The molecular formula is C17H25N3. The third-order valence-corrected chi connectivity index (χ3v) is 4.81. The minimum atomic E-state index is 0.327. The first-order valence-electron chi connectivity index (χ1n) is 7.96. The third-order valence-electron chi connectivity index (χ3n) is 4.81. The van der Waals surface area contributed by atoms with Gasteiger partial charge < -0.3 is 0 Å². The van der Waals surface area contributed by atoms with Crippen molar-refractivity contribution in [3.63, 3.8) is 0 Å². The maximum atomic E-state index is 5.87. The standard InChI is InChI=1S/C17H25N3/c18-20-16(12-13-6-2-1-3-7-13)15-10-4-8-14-9-5-11-19-17(14)15/h5-6,9,11,15-16,20H,1-4,7-8,10,12,18H2. The Hall–Kier alpha value is -1.19. The predicted molar refractivity (Wildman–Crippen MR) is 82.2 cm³/mol. The normalized spacial score (nSPS) is 23.9. The van der Waals surface area contributed by atoms with Gasteiger partial charge in [-0.05, 0) is 63.0 Å². The molecule has 108 valence electrons. The monoisotopic (exact) mass is 271 g/mol. The molecule has 2 aliphatic rings. The van der Waals surface area contributed by atoms with E-state index < -0.39 is 0 Å². The van der Waals surface area contributed by atoms with Gasteiger partial charge in [-0.25, -0.2) is 0 Å². The smallest absolute Gasteiger partial charge is 0.0482 e. The third kappa shape index (κ3) is 2.94. The fraction of sp³-hybridized carbons (Fsp3) is 0.588. The number of hydrazine groups is 1. The molecule has 0 bridgehead atoms. The second kappa shape index (κ2) is 6.51. The molecule has 2 unspecified atom stereocenters. The van der Waals surface area contributed by atoms with Crippen molar-refractivity contribution in [1.82, 2.24) is 10.4 Å². The number of aryl methyl sites for hydroxylation is 1.